The van der Waals surface area contributed by atoms with Crippen LogP contribution < -0.4 is 10.1 Å². The van der Waals surface area contributed by atoms with Crippen LogP contribution in [0.5, 0.6) is 5.75 Å². The molecule has 5 nitrogen and oxygen atoms in total. The Morgan fingerprint density at radius 2 is 1.96 bits per heavy atom. The van der Waals surface area contributed by atoms with Crippen LogP contribution in [-0.2, 0) is 16.1 Å². The standard InChI is InChI=1S/C20H30N2O3/c1-16-14-18(24-2)7-6-17(16)15-21-20(8-4-3-5-9-20)19(23)22-10-12-25-13-11-22/h6-7,14,21H,3-5,8-13,15H2,1-2H3. The van der Waals surface area contributed by atoms with Crippen LogP contribution in [0.1, 0.15) is 43.2 Å². The quantitative estimate of drug-likeness (QED) is 0.890. The summed E-state index contributed by atoms with van der Waals surface area (Å²) in [5, 5.41) is 3.65. The van der Waals surface area contributed by atoms with E-state index in [1.165, 1.54) is 17.5 Å². The topological polar surface area (TPSA) is 50.8 Å². The third kappa shape index (κ3) is 4.15. The second-order valence-corrected chi connectivity index (χ2v) is 7.19. The number of carbonyl (C=O) groups excluding carboxylic acids is 1. The predicted octanol–water partition coefficient (Wildman–Crippen LogP) is 2.65. The van der Waals surface area contributed by atoms with E-state index in [1.807, 2.05) is 17.0 Å². The molecule has 1 saturated carbocycles. The molecule has 5 heteroatoms. The Bertz CT molecular complexity index is 591. The number of rotatable bonds is 5. The molecule has 0 atom stereocenters. The van der Waals surface area contributed by atoms with E-state index in [9.17, 15) is 4.79 Å². The Morgan fingerprint density at radius 1 is 1.24 bits per heavy atom. The molecule has 2 fully saturated rings. The minimum atomic E-state index is -0.415. The summed E-state index contributed by atoms with van der Waals surface area (Å²) in [6, 6.07) is 6.13. The van der Waals surface area contributed by atoms with Crippen LogP contribution >= 0.6 is 0 Å². The number of amides is 1. The summed E-state index contributed by atoms with van der Waals surface area (Å²) in [7, 11) is 1.69. The maximum absolute atomic E-state index is 13.3. The fourth-order valence-corrected chi connectivity index (χ4v) is 3.95. The van der Waals surface area contributed by atoms with Gasteiger partial charge in [-0.3, -0.25) is 10.1 Å². The van der Waals surface area contributed by atoms with E-state index < -0.39 is 5.54 Å². The first-order valence-electron chi connectivity index (χ1n) is 9.40. The third-order valence-corrected chi connectivity index (χ3v) is 5.58. The van der Waals surface area contributed by atoms with E-state index in [4.69, 9.17) is 9.47 Å². The molecule has 1 heterocycles. The summed E-state index contributed by atoms with van der Waals surface area (Å²) in [4.78, 5) is 15.3. The lowest BCUT2D eigenvalue weighted by Gasteiger charge is -2.41. The first kappa shape index (κ1) is 18.2. The zero-order valence-corrected chi connectivity index (χ0v) is 15.5. The zero-order chi connectivity index (χ0) is 17.7. The SMILES string of the molecule is COc1ccc(CNC2(C(=O)N3CCOCC3)CCCCC2)c(C)c1. The van der Waals surface area contributed by atoms with Crippen molar-refractivity contribution in [3.63, 3.8) is 0 Å². The molecule has 3 rings (SSSR count). The normalized spacial score (nSPS) is 20.3. The van der Waals surface area contributed by atoms with Crippen LogP contribution in [0.4, 0.5) is 0 Å². The summed E-state index contributed by atoms with van der Waals surface area (Å²) in [6.45, 7) is 5.54. The van der Waals surface area contributed by atoms with Crippen molar-refractivity contribution in [1.82, 2.24) is 10.2 Å². The Kier molecular flexibility index (Phi) is 5.97. The van der Waals surface area contributed by atoms with E-state index in [0.29, 0.717) is 32.8 Å². The molecule has 0 bridgehead atoms. The number of morpholine rings is 1. The molecule has 1 aromatic rings. The van der Waals surface area contributed by atoms with Gasteiger partial charge in [-0.25, -0.2) is 0 Å². The Balaban J connectivity index is 1.73. The van der Waals surface area contributed by atoms with Crippen LogP contribution in [-0.4, -0.2) is 49.8 Å². The fourth-order valence-electron chi connectivity index (χ4n) is 3.95. The van der Waals surface area contributed by atoms with E-state index >= 15 is 0 Å². The van der Waals surface area contributed by atoms with Crippen LogP contribution in [0.2, 0.25) is 0 Å². The van der Waals surface area contributed by atoms with Gasteiger partial charge < -0.3 is 14.4 Å². The van der Waals surface area contributed by atoms with Crippen molar-refractivity contribution in [3.05, 3.63) is 29.3 Å². The van der Waals surface area contributed by atoms with Gasteiger partial charge in [-0.2, -0.15) is 0 Å². The second kappa shape index (κ2) is 8.19. The lowest BCUT2D eigenvalue weighted by Crippen LogP contribution is -2.60. The zero-order valence-electron chi connectivity index (χ0n) is 15.5. The summed E-state index contributed by atoms with van der Waals surface area (Å²) in [6.07, 6.45) is 5.31. The number of aryl methyl sites for hydroxylation is 1. The number of methoxy groups -OCH3 is 1. The van der Waals surface area contributed by atoms with Gasteiger partial charge in [-0.05, 0) is 43.0 Å². The molecule has 1 aliphatic carbocycles. The third-order valence-electron chi connectivity index (χ3n) is 5.58. The van der Waals surface area contributed by atoms with Crippen molar-refractivity contribution >= 4 is 5.91 Å². The van der Waals surface area contributed by atoms with Crippen LogP contribution in [0.3, 0.4) is 0 Å². The molecule has 1 aromatic carbocycles. The van der Waals surface area contributed by atoms with Crippen molar-refractivity contribution in [2.75, 3.05) is 33.4 Å². The van der Waals surface area contributed by atoms with Gasteiger partial charge in [-0.1, -0.05) is 25.3 Å². The number of hydrogen-bond acceptors (Lipinski definition) is 4. The molecule has 0 spiro atoms. The highest BCUT2D eigenvalue weighted by atomic mass is 16.5. The lowest BCUT2D eigenvalue weighted by atomic mass is 9.80. The van der Waals surface area contributed by atoms with Crippen LogP contribution in [0, 0.1) is 6.92 Å². The highest BCUT2D eigenvalue weighted by molar-refractivity contribution is 5.86. The van der Waals surface area contributed by atoms with Gasteiger partial charge in [0.05, 0.1) is 25.9 Å². The van der Waals surface area contributed by atoms with Gasteiger partial charge in [0.1, 0.15) is 5.75 Å². The average Bonchev–Trinajstić information content (AvgIpc) is 2.67. The molecule has 0 aromatic heterocycles. The van der Waals surface area contributed by atoms with Gasteiger partial charge >= 0.3 is 0 Å². The van der Waals surface area contributed by atoms with Gasteiger partial charge in [0.25, 0.3) is 0 Å². The maximum atomic E-state index is 13.3. The van der Waals surface area contributed by atoms with Crippen molar-refractivity contribution < 1.29 is 14.3 Å². The Morgan fingerprint density at radius 3 is 2.60 bits per heavy atom. The monoisotopic (exact) mass is 346 g/mol. The van der Waals surface area contributed by atoms with Crippen molar-refractivity contribution in [3.8, 4) is 5.75 Å². The minimum Gasteiger partial charge on any atom is -0.497 e. The molecule has 1 amide bonds. The van der Waals surface area contributed by atoms with E-state index in [-0.39, 0.29) is 5.91 Å². The molecule has 0 radical (unpaired) electrons. The number of hydrogen-bond donors (Lipinski definition) is 1. The molecule has 138 valence electrons. The molecule has 1 N–H and O–H groups in total. The first-order chi connectivity index (χ1) is 12.1. The van der Waals surface area contributed by atoms with Gasteiger partial charge in [-0.15, -0.1) is 0 Å². The van der Waals surface area contributed by atoms with Crippen molar-refractivity contribution in [2.24, 2.45) is 0 Å². The van der Waals surface area contributed by atoms with Crippen LogP contribution in [0.15, 0.2) is 18.2 Å². The molecular formula is C20H30N2O3. The van der Waals surface area contributed by atoms with Crippen LogP contribution in [0.25, 0.3) is 0 Å². The highest BCUT2D eigenvalue weighted by Crippen LogP contribution is 2.31. The fraction of sp³-hybridized carbons (Fsp3) is 0.650. The number of nitrogens with zero attached hydrogens (tertiary/aromatic N) is 1. The van der Waals surface area contributed by atoms with E-state index in [1.54, 1.807) is 7.11 Å². The van der Waals surface area contributed by atoms with E-state index in [0.717, 1.165) is 31.4 Å². The Hall–Kier alpha value is -1.59. The summed E-state index contributed by atoms with van der Waals surface area (Å²) >= 11 is 0. The summed E-state index contributed by atoms with van der Waals surface area (Å²) in [5.41, 5.74) is 2.00. The van der Waals surface area contributed by atoms with Crippen molar-refractivity contribution in [1.29, 1.82) is 0 Å². The number of nitrogens with one attached hydrogen (secondary N) is 1. The molecule has 0 unspecified atom stereocenters. The molecule has 1 aliphatic heterocycles. The average molecular weight is 346 g/mol. The largest absolute Gasteiger partial charge is 0.497 e. The van der Waals surface area contributed by atoms with Crippen molar-refractivity contribution in [2.45, 2.75) is 51.1 Å². The predicted molar refractivity (Wildman–Crippen MR) is 97.8 cm³/mol. The van der Waals surface area contributed by atoms with Gasteiger partial charge in [0.2, 0.25) is 5.91 Å². The number of ether oxygens (including phenoxy) is 2. The molecule has 2 aliphatic rings. The smallest absolute Gasteiger partial charge is 0.243 e. The second-order valence-electron chi connectivity index (χ2n) is 7.19. The Labute approximate surface area is 150 Å². The summed E-state index contributed by atoms with van der Waals surface area (Å²) < 4.78 is 10.7. The number of carbonyl (C=O) groups is 1. The number of benzene rings is 1. The maximum Gasteiger partial charge on any atom is 0.243 e. The molecular weight excluding hydrogens is 316 g/mol. The highest BCUT2D eigenvalue weighted by Gasteiger charge is 2.41. The minimum absolute atomic E-state index is 0.265. The van der Waals surface area contributed by atoms with Gasteiger partial charge in [0, 0.05) is 19.6 Å². The first-order valence-corrected chi connectivity index (χ1v) is 9.40. The molecule has 1 saturated heterocycles. The molecule has 25 heavy (non-hydrogen) atoms. The van der Waals surface area contributed by atoms with E-state index in [2.05, 4.69) is 18.3 Å². The summed E-state index contributed by atoms with van der Waals surface area (Å²) in [5.74, 6) is 1.14. The van der Waals surface area contributed by atoms with Gasteiger partial charge in [0.15, 0.2) is 0 Å². The lowest BCUT2D eigenvalue weighted by molar-refractivity contribution is -0.144.